The molecule has 2 unspecified atom stereocenters. The summed E-state index contributed by atoms with van der Waals surface area (Å²) in [5.74, 6) is 0.743. The number of amidine groups is 1. The molecule has 4 N–H and O–H groups in total. The van der Waals surface area contributed by atoms with Gasteiger partial charge in [-0.3, -0.25) is 0 Å². The predicted octanol–water partition coefficient (Wildman–Crippen LogP) is 1.30. The van der Waals surface area contributed by atoms with Crippen molar-refractivity contribution >= 4 is 5.84 Å². The largest absolute Gasteiger partial charge is 0.409 e. The van der Waals surface area contributed by atoms with Crippen LogP contribution in [0.3, 0.4) is 0 Å². The maximum atomic E-state index is 8.58. The second-order valence-electron chi connectivity index (χ2n) is 4.94. The topological polar surface area (TPSA) is 79.9 Å². The quantitative estimate of drug-likeness (QED) is 0.324. The number of nitrogens with zero attached hydrogens (tertiary/aromatic N) is 1. The number of oxime groups is 1. The summed E-state index contributed by atoms with van der Waals surface area (Å²) in [5.41, 5.74) is 7.42. The van der Waals surface area contributed by atoms with Gasteiger partial charge in [0.15, 0.2) is 5.84 Å². The fourth-order valence-corrected chi connectivity index (χ4v) is 2.30. The van der Waals surface area contributed by atoms with E-state index in [0.29, 0.717) is 12.0 Å². The van der Waals surface area contributed by atoms with Crippen molar-refractivity contribution in [3.63, 3.8) is 0 Å². The van der Waals surface area contributed by atoms with E-state index in [1.54, 1.807) is 0 Å². The van der Waals surface area contributed by atoms with Gasteiger partial charge in [0.05, 0.1) is 6.10 Å². The van der Waals surface area contributed by atoms with Crippen molar-refractivity contribution in [2.45, 2.75) is 26.0 Å². The Bertz CT molecular complexity index is 431. The molecule has 5 nitrogen and oxygen atoms in total. The zero-order valence-corrected chi connectivity index (χ0v) is 11.2. The van der Waals surface area contributed by atoms with Crippen molar-refractivity contribution in [3.8, 4) is 0 Å². The summed E-state index contributed by atoms with van der Waals surface area (Å²) in [4.78, 5) is 0. The van der Waals surface area contributed by atoms with Crippen LogP contribution < -0.4 is 11.1 Å². The van der Waals surface area contributed by atoms with Crippen LogP contribution in [0.25, 0.3) is 0 Å². The standard InChI is InChI=1S/C14H21N3O2/c1-10-13(6-7-19-10)9-16-8-11-2-4-12(5-3-11)14(15)17-18/h2-5,10,13,16,18H,6-9H2,1H3,(H2,15,17). The third kappa shape index (κ3) is 3.68. The summed E-state index contributed by atoms with van der Waals surface area (Å²) < 4.78 is 5.53. The van der Waals surface area contributed by atoms with Crippen molar-refractivity contribution in [1.29, 1.82) is 0 Å². The van der Waals surface area contributed by atoms with Crippen LogP contribution >= 0.6 is 0 Å². The monoisotopic (exact) mass is 263 g/mol. The molecule has 1 aliphatic heterocycles. The van der Waals surface area contributed by atoms with Crippen molar-refractivity contribution in [2.24, 2.45) is 16.8 Å². The maximum absolute atomic E-state index is 8.58. The van der Waals surface area contributed by atoms with Gasteiger partial charge >= 0.3 is 0 Å². The minimum absolute atomic E-state index is 0.136. The van der Waals surface area contributed by atoms with E-state index in [2.05, 4.69) is 17.4 Å². The molecule has 2 atom stereocenters. The number of nitrogens with one attached hydrogen (secondary N) is 1. The van der Waals surface area contributed by atoms with E-state index in [0.717, 1.165) is 31.7 Å². The van der Waals surface area contributed by atoms with E-state index in [9.17, 15) is 0 Å². The average molecular weight is 263 g/mol. The first kappa shape index (κ1) is 13.8. The first-order chi connectivity index (χ1) is 9.20. The van der Waals surface area contributed by atoms with Gasteiger partial charge in [0, 0.05) is 25.3 Å². The molecule has 0 aromatic heterocycles. The van der Waals surface area contributed by atoms with Gasteiger partial charge in [-0.15, -0.1) is 0 Å². The Morgan fingerprint density at radius 2 is 2.21 bits per heavy atom. The Hall–Kier alpha value is -1.59. The fraction of sp³-hybridized carbons (Fsp3) is 0.500. The highest BCUT2D eigenvalue weighted by Gasteiger charge is 2.23. The van der Waals surface area contributed by atoms with Crippen LogP contribution in [-0.4, -0.2) is 30.3 Å². The van der Waals surface area contributed by atoms with Crippen LogP contribution in [0.2, 0.25) is 0 Å². The summed E-state index contributed by atoms with van der Waals surface area (Å²) in [6.07, 6.45) is 1.49. The second-order valence-corrected chi connectivity index (χ2v) is 4.94. The lowest BCUT2D eigenvalue weighted by Crippen LogP contribution is -2.26. The third-order valence-corrected chi connectivity index (χ3v) is 3.63. The molecule has 1 heterocycles. The molecule has 5 heteroatoms. The summed E-state index contributed by atoms with van der Waals surface area (Å²) in [7, 11) is 0. The van der Waals surface area contributed by atoms with E-state index in [4.69, 9.17) is 15.7 Å². The molecular weight excluding hydrogens is 242 g/mol. The smallest absolute Gasteiger partial charge is 0.170 e. The van der Waals surface area contributed by atoms with E-state index in [1.165, 1.54) is 5.56 Å². The van der Waals surface area contributed by atoms with E-state index >= 15 is 0 Å². The number of hydrogen-bond donors (Lipinski definition) is 3. The highest BCUT2D eigenvalue weighted by atomic mass is 16.5. The van der Waals surface area contributed by atoms with Gasteiger partial charge < -0.3 is 21.0 Å². The van der Waals surface area contributed by atoms with Crippen molar-refractivity contribution in [3.05, 3.63) is 35.4 Å². The molecule has 104 valence electrons. The molecule has 1 fully saturated rings. The third-order valence-electron chi connectivity index (χ3n) is 3.63. The highest BCUT2D eigenvalue weighted by molar-refractivity contribution is 5.96. The Morgan fingerprint density at radius 3 is 2.79 bits per heavy atom. The van der Waals surface area contributed by atoms with E-state index in [-0.39, 0.29) is 5.84 Å². The zero-order chi connectivity index (χ0) is 13.7. The van der Waals surface area contributed by atoms with Gasteiger partial charge in [0.1, 0.15) is 0 Å². The number of rotatable bonds is 5. The van der Waals surface area contributed by atoms with Crippen LogP contribution in [-0.2, 0) is 11.3 Å². The molecule has 2 rings (SSSR count). The molecule has 1 aromatic carbocycles. The van der Waals surface area contributed by atoms with Crippen LogP contribution in [0.15, 0.2) is 29.4 Å². The lowest BCUT2D eigenvalue weighted by Gasteiger charge is -2.14. The van der Waals surface area contributed by atoms with Crippen LogP contribution in [0.5, 0.6) is 0 Å². The van der Waals surface area contributed by atoms with Gasteiger partial charge in [-0.1, -0.05) is 29.4 Å². The van der Waals surface area contributed by atoms with Crippen LogP contribution in [0, 0.1) is 5.92 Å². The molecule has 0 amide bonds. The minimum Gasteiger partial charge on any atom is -0.409 e. The Morgan fingerprint density at radius 1 is 1.47 bits per heavy atom. The summed E-state index contributed by atoms with van der Waals surface area (Å²) in [6, 6.07) is 7.67. The number of ether oxygens (including phenoxy) is 1. The molecule has 0 saturated carbocycles. The van der Waals surface area contributed by atoms with Gasteiger partial charge in [-0.25, -0.2) is 0 Å². The average Bonchev–Trinajstić information content (AvgIpc) is 2.84. The van der Waals surface area contributed by atoms with E-state index in [1.807, 2.05) is 24.3 Å². The summed E-state index contributed by atoms with van der Waals surface area (Å²) in [6.45, 7) is 4.80. The van der Waals surface area contributed by atoms with Gasteiger partial charge in [0.2, 0.25) is 0 Å². The zero-order valence-electron chi connectivity index (χ0n) is 11.2. The SMILES string of the molecule is CC1OCCC1CNCc1ccc(/C(N)=N/O)cc1. The lowest BCUT2D eigenvalue weighted by atomic mass is 10.0. The Kier molecular flexibility index (Phi) is 4.76. The van der Waals surface area contributed by atoms with Crippen molar-refractivity contribution in [1.82, 2.24) is 5.32 Å². The molecular formula is C14H21N3O2. The minimum atomic E-state index is 0.136. The summed E-state index contributed by atoms with van der Waals surface area (Å²) >= 11 is 0. The Balaban J connectivity index is 1.80. The normalized spacial score (nSPS) is 23.7. The van der Waals surface area contributed by atoms with Gasteiger partial charge in [-0.2, -0.15) is 0 Å². The Labute approximate surface area is 113 Å². The van der Waals surface area contributed by atoms with Crippen LogP contribution in [0.1, 0.15) is 24.5 Å². The maximum Gasteiger partial charge on any atom is 0.170 e. The molecule has 0 spiro atoms. The number of benzene rings is 1. The lowest BCUT2D eigenvalue weighted by molar-refractivity contribution is 0.105. The predicted molar refractivity (Wildman–Crippen MR) is 74.2 cm³/mol. The molecule has 19 heavy (non-hydrogen) atoms. The highest BCUT2D eigenvalue weighted by Crippen LogP contribution is 2.19. The molecule has 1 saturated heterocycles. The van der Waals surface area contributed by atoms with Crippen molar-refractivity contribution < 1.29 is 9.94 Å². The van der Waals surface area contributed by atoms with Crippen molar-refractivity contribution in [2.75, 3.05) is 13.2 Å². The molecule has 0 aliphatic carbocycles. The van der Waals surface area contributed by atoms with Gasteiger partial charge in [-0.05, 0) is 24.8 Å². The molecule has 0 bridgehead atoms. The summed E-state index contributed by atoms with van der Waals surface area (Å²) in [5, 5.41) is 15.0. The first-order valence-corrected chi connectivity index (χ1v) is 6.60. The fourth-order valence-electron chi connectivity index (χ4n) is 2.30. The number of nitrogens with two attached hydrogens (primary N) is 1. The molecule has 1 aromatic rings. The van der Waals surface area contributed by atoms with E-state index < -0.39 is 0 Å². The molecule has 0 radical (unpaired) electrons. The molecule has 1 aliphatic rings. The number of hydrogen-bond acceptors (Lipinski definition) is 4. The van der Waals surface area contributed by atoms with Crippen LogP contribution in [0.4, 0.5) is 0 Å². The second kappa shape index (κ2) is 6.54. The van der Waals surface area contributed by atoms with Gasteiger partial charge in [0.25, 0.3) is 0 Å². The first-order valence-electron chi connectivity index (χ1n) is 6.60.